The Morgan fingerprint density at radius 1 is 1.15 bits per heavy atom. The molecule has 4 rings (SSSR count). The second-order valence-electron chi connectivity index (χ2n) is 9.47. The number of carbonyl (C=O) groups excluding carboxylic acids is 1. The highest BCUT2D eigenvalue weighted by atomic mass is 32.2. The van der Waals surface area contributed by atoms with E-state index >= 15 is 0 Å². The molecule has 2 heterocycles. The summed E-state index contributed by atoms with van der Waals surface area (Å²) < 4.78 is 65.7. The van der Waals surface area contributed by atoms with Crippen molar-refractivity contribution >= 4 is 27.0 Å². The number of halogens is 3. The first-order valence-electron chi connectivity index (χ1n) is 10.7. The van der Waals surface area contributed by atoms with Crippen molar-refractivity contribution in [1.82, 2.24) is 14.3 Å². The molecule has 0 spiro atoms. The number of sulfonamides is 1. The van der Waals surface area contributed by atoms with Gasteiger partial charge < -0.3 is 10.7 Å². The van der Waals surface area contributed by atoms with E-state index < -0.39 is 44.5 Å². The van der Waals surface area contributed by atoms with Crippen molar-refractivity contribution in [2.75, 3.05) is 0 Å². The van der Waals surface area contributed by atoms with Crippen molar-refractivity contribution in [1.29, 1.82) is 0 Å². The molecule has 11 heteroatoms. The molecule has 0 aliphatic carbocycles. The minimum atomic E-state index is -4.45. The van der Waals surface area contributed by atoms with E-state index in [-0.39, 0.29) is 11.9 Å². The lowest BCUT2D eigenvalue weighted by Gasteiger charge is -2.30. The molecule has 1 unspecified atom stereocenters. The molecule has 182 valence electrons. The minimum Gasteiger partial charge on any atom is -0.341 e. The summed E-state index contributed by atoms with van der Waals surface area (Å²) >= 11 is 0. The van der Waals surface area contributed by atoms with Crippen LogP contribution < -0.4 is 5.73 Å². The molecule has 1 aromatic heterocycles. The summed E-state index contributed by atoms with van der Waals surface area (Å²) in [4.78, 5) is 19.6. The molecule has 2 aromatic carbocycles. The summed E-state index contributed by atoms with van der Waals surface area (Å²) in [5.41, 5.74) is 6.56. The molecule has 0 bridgehead atoms. The van der Waals surface area contributed by atoms with E-state index in [4.69, 9.17) is 5.73 Å². The van der Waals surface area contributed by atoms with Gasteiger partial charge >= 0.3 is 6.18 Å². The first kappa shape index (κ1) is 24.2. The van der Waals surface area contributed by atoms with Gasteiger partial charge in [-0.25, -0.2) is 17.7 Å². The van der Waals surface area contributed by atoms with Crippen LogP contribution in [0.2, 0.25) is 0 Å². The maximum atomic E-state index is 13.0. The van der Waals surface area contributed by atoms with Gasteiger partial charge in [0, 0.05) is 0 Å². The Balaban J connectivity index is 1.51. The number of hydrogen-bond acceptors (Lipinski definition) is 5. The minimum absolute atomic E-state index is 0.114. The number of nitrogens with two attached hydrogens (primary N) is 1. The summed E-state index contributed by atoms with van der Waals surface area (Å²) in [7, 11) is -3.83. The fourth-order valence-corrected chi connectivity index (χ4v) is 6.49. The molecule has 1 aliphatic heterocycles. The summed E-state index contributed by atoms with van der Waals surface area (Å²) in [5, 5.41) is -0.944. The third-order valence-electron chi connectivity index (χ3n) is 5.80. The zero-order valence-corrected chi connectivity index (χ0v) is 19.7. The Hall–Kier alpha value is -2.92. The summed E-state index contributed by atoms with van der Waals surface area (Å²) in [6, 6.07) is 9.45. The molecule has 7 nitrogen and oxygen atoms in total. The fourth-order valence-electron chi connectivity index (χ4n) is 4.26. The summed E-state index contributed by atoms with van der Waals surface area (Å²) in [5.74, 6) is -0.0784. The highest BCUT2D eigenvalue weighted by molar-refractivity contribution is 7.90. The lowest BCUT2D eigenvalue weighted by molar-refractivity contribution is -0.137. The zero-order chi connectivity index (χ0) is 25.1. The van der Waals surface area contributed by atoms with Crippen LogP contribution in [0.3, 0.4) is 0 Å². The van der Waals surface area contributed by atoms with Gasteiger partial charge in [-0.3, -0.25) is 4.79 Å². The van der Waals surface area contributed by atoms with Gasteiger partial charge in [0.05, 0.1) is 34.6 Å². The molecular weight excluding hydrogens is 469 g/mol. The number of benzene rings is 2. The normalized spacial score (nSPS) is 19.7. The Morgan fingerprint density at radius 2 is 1.79 bits per heavy atom. The van der Waals surface area contributed by atoms with Crippen molar-refractivity contribution in [3.63, 3.8) is 0 Å². The van der Waals surface area contributed by atoms with Crippen LogP contribution in [0.1, 0.15) is 61.0 Å². The Bertz CT molecular complexity index is 1340. The predicted octanol–water partition coefficient (Wildman–Crippen LogP) is 4.23. The van der Waals surface area contributed by atoms with E-state index in [9.17, 15) is 26.4 Å². The first-order chi connectivity index (χ1) is 15.7. The third kappa shape index (κ3) is 4.41. The van der Waals surface area contributed by atoms with Gasteiger partial charge in [-0.15, -0.1) is 0 Å². The maximum Gasteiger partial charge on any atom is 0.416 e. The standard InChI is InChI=1S/C23H25F3N4O3S/c1-22(2,3)30-20(31)12-19(34(30,32)33)14-6-4-13(5-7-14)10-16(27)21-28-17-9-8-15(23(24,25)26)11-18(17)29-21/h4-9,11,16,19H,10,12,27H2,1-3H3,(H,28,29)/t16-,19?/m0/s1. The smallest absolute Gasteiger partial charge is 0.341 e. The summed E-state index contributed by atoms with van der Waals surface area (Å²) in [6.07, 6.45) is -4.24. The molecule has 1 saturated heterocycles. The quantitative estimate of drug-likeness (QED) is 0.564. The molecule has 0 saturated carbocycles. The van der Waals surface area contributed by atoms with Crippen LogP contribution in [0.25, 0.3) is 11.0 Å². The number of H-pyrrole nitrogens is 1. The number of rotatable bonds is 4. The zero-order valence-electron chi connectivity index (χ0n) is 18.8. The molecule has 1 amide bonds. The fraction of sp³-hybridized carbons (Fsp3) is 0.391. The molecular formula is C23H25F3N4O3S. The molecule has 2 atom stereocenters. The van der Waals surface area contributed by atoms with Crippen molar-refractivity contribution in [2.45, 2.75) is 56.6 Å². The Morgan fingerprint density at radius 3 is 2.35 bits per heavy atom. The van der Waals surface area contributed by atoms with Crippen molar-refractivity contribution < 1.29 is 26.4 Å². The molecule has 0 radical (unpaired) electrons. The molecule has 34 heavy (non-hydrogen) atoms. The van der Waals surface area contributed by atoms with Crippen molar-refractivity contribution in [3.8, 4) is 0 Å². The Labute approximate surface area is 195 Å². The SMILES string of the molecule is CC(C)(C)N1C(=O)CC(c2ccc(C[C@H](N)c3nc4ccc(C(F)(F)F)cc4[nH]3)cc2)S1(=O)=O. The number of imidazole rings is 1. The van der Waals surface area contributed by atoms with E-state index in [0.29, 0.717) is 23.3 Å². The lowest BCUT2D eigenvalue weighted by Crippen LogP contribution is -2.45. The van der Waals surface area contributed by atoms with E-state index in [0.717, 1.165) is 22.0 Å². The van der Waals surface area contributed by atoms with E-state index in [1.807, 2.05) is 0 Å². The molecule has 1 fully saturated rings. The van der Waals surface area contributed by atoms with Gasteiger partial charge in [0.25, 0.3) is 0 Å². The van der Waals surface area contributed by atoms with Crippen molar-refractivity contribution in [2.24, 2.45) is 5.73 Å². The molecule has 3 N–H and O–H groups in total. The number of nitrogens with one attached hydrogen (secondary N) is 1. The van der Waals surface area contributed by atoms with Crippen LogP contribution in [0.15, 0.2) is 42.5 Å². The van der Waals surface area contributed by atoms with Gasteiger partial charge in [0.1, 0.15) is 11.1 Å². The number of carbonyl (C=O) groups is 1. The van der Waals surface area contributed by atoms with Crippen LogP contribution in [0.4, 0.5) is 13.2 Å². The Kier molecular flexibility index (Phi) is 5.76. The van der Waals surface area contributed by atoms with Gasteiger partial charge in [-0.1, -0.05) is 24.3 Å². The lowest BCUT2D eigenvalue weighted by atomic mass is 10.0. The highest BCUT2D eigenvalue weighted by Crippen LogP contribution is 2.40. The second kappa shape index (κ2) is 8.09. The topological polar surface area (TPSA) is 109 Å². The largest absolute Gasteiger partial charge is 0.416 e. The average Bonchev–Trinajstić information content (AvgIpc) is 3.24. The number of hydrogen-bond donors (Lipinski definition) is 2. The number of amides is 1. The monoisotopic (exact) mass is 494 g/mol. The maximum absolute atomic E-state index is 13.0. The van der Waals surface area contributed by atoms with Gasteiger partial charge in [-0.05, 0) is 56.5 Å². The van der Waals surface area contributed by atoms with Crippen LogP contribution in [-0.2, 0) is 27.4 Å². The van der Waals surface area contributed by atoms with Crippen molar-refractivity contribution in [3.05, 3.63) is 65.0 Å². The number of alkyl halides is 3. The predicted molar refractivity (Wildman–Crippen MR) is 121 cm³/mol. The average molecular weight is 495 g/mol. The number of aromatic nitrogens is 2. The van der Waals surface area contributed by atoms with Crippen LogP contribution in [0, 0.1) is 0 Å². The highest BCUT2D eigenvalue weighted by Gasteiger charge is 2.49. The number of nitrogens with zero attached hydrogens (tertiary/aromatic N) is 2. The third-order valence-corrected chi connectivity index (χ3v) is 8.21. The van der Waals surface area contributed by atoms with Crippen LogP contribution >= 0.6 is 0 Å². The van der Waals surface area contributed by atoms with Gasteiger partial charge in [0.15, 0.2) is 0 Å². The molecule has 1 aliphatic rings. The number of aromatic amines is 1. The second-order valence-corrected chi connectivity index (χ2v) is 11.4. The van der Waals surface area contributed by atoms with Gasteiger partial charge in [0.2, 0.25) is 15.9 Å². The van der Waals surface area contributed by atoms with E-state index in [1.54, 1.807) is 45.0 Å². The van der Waals surface area contributed by atoms with E-state index in [1.165, 1.54) is 6.07 Å². The van der Waals surface area contributed by atoms with E-state index in [2.05, 4.69) is 9.97 Å². The summed E-state index contributed by atoms with van der Waals surface area (Å²) in [6.45, 7) is 5.03. The first-order valence-corrected chi connectivity index (χ1v) is 12.2. The van der Waals surface area contributed by atoms with Crippen LogP contribution in [0.5, 0.6) is 0 Å². The van der Waals surface area contributed by atoms with Crippen LogP contribution in [-0.4, -0.2) is 34.1 Å². The molecule has 3 aromatic rings. The van der Waals surface area contributed by atoms with Gasteiger partial charge in [-0.2, -0.15) is 13.2 Å². The number of fused-ring (bicyclic) bond motifs is 1.